The van der Waals surface area contributed by atoms with E-state index in [9.17, 15) is 9.59 Å². The summed E-state index contributed by atoms with van der Waals surface area (Å²) in [6, 6.07) is 15.2. The molecular weight excluding hydrogens is 498 g/mol. The molecule has 34 heavy (non-hydrogen) atoms. The molecule has 0 bridgehead atoms. The highest BCUT2D eigenvalue weighted by Crippen LogP contribution is 2.49. The Kier molecular flexibility index (Phi) is 6.84. The molecule has 0 saturated carbocycles. The number of halogens is 1. The minimum absolute atomic E-state index is 0.0320. The Balaban J connectivity index is 1.79. The van der Waals surface area contributed by atoms with Crippen LogP contribution in [0.3, 0.4) is 0 Å². The molecule has 0 aromatic heterocycles. The van der Waals surface area contributed by atoms with E-state index in [1.807, 2.05) is 62.4 Å². The summed E-state index contributed by atoms with van der Waals surface area (Å²) in [5.41, 5.74) is 8.26. The Morgan fingerprint density at radius 3 is 2.56 bits per heavy atom. The van der Waals surface area contributed by atoms with Crippen LogP contribution in [0.5, 0.6) is 5.75 Å². The van der Waals surface area contributed by atoms with Crippen molar-refractivity contribution in [3.05, 3.63) is 86.9 Å². The van der Waals surface area contributed by atoms with E-state index in [4.69, 9.17) is 19.9 Å². The number of ether oxygens (including phenoxy) is 3. The fourth-order valence-electron chi connectivity index (χ4n) is 4.50. The van der Waals surface area contributed by atoms with Crippen LogP contribution >= 0.6 is 15.9 Å². The molecule has 4 rings (SSSR count). The van der Waals surface area contributed by atoms with Gasteiger partial charge in [0.2, 0.25) is 5.88 Å². The average molecular weight is 526 g/mol. The number of benzene rings is 2. The number of carbonyl (C=O) groups excluding carboxylic acids is 2. The lowest BCUT2D eigenvalue weighted by Gasteiger charge is -2.38. The molecule has 2 aliphatic rings. The summed E-state index contributed by atoms with van der Waals surface area (Å²) >= 11 is 3.44. The van der Waals surface area contributed by atoms with Gasteiger partial charge in [0.25, 0.3) is 0 Å². The van der Waals surface area contributed by atoms with Crippen LogP contribution in [0.2, 0.25) is 0 Å². The molecule has 0 spiro atoms. The molecule has 1 aliphatic heterocycles. The second-order valence-corrected chi connectivity index (χ2v) is 10.2. The summed E-state index contributed by atoms with van der Waals surface area (Å²) in [6.07, 6.45) is 0.896. The third-order valence-electron chi connectivity index (χ3n) is 5.99. The van der Waals surface area contributed by atoms with Crippen molar-refractivity contribution in [1.29, 1.82) is 0 Å². The van der Waals surface area contributed by atoms with Crippen LogP contribution in [0.15, 0.2) is 75.8 Å². The van der Waals surface area contributed by atoms with Crippen LogP contribution < -0.4 is 10.5 Å². The first kappa shape index (κ1) is 24.1. The molecule has 2 aromatic rings. The number of ketones is 1. The first-order valence-corrected chi connectivity index (χ1v) is 12.1. The van der Waals surface area contributed by atoms with Crippen molar-refractivity contribution in [2.45, 2.75) is 46.1 Å². The van der Waals surface area contributed by atoms with Crippen LogP contribution in [0, 0.1) is 5.41 Å². The smallest absolute Gasteiger partial charge is 0.340 e. The Bertz CT molecular complexity index is 1180. The molecule has 0 radical (unpaired) electrons. The molecule has 2 aromatic carbocycles. The number of nitrogens with two attached hydrogens (primary N) is 1. The molecule has 7 heteroatoms. The predicted molar refractivity (Wildman–Crippen MR) is 132 cm³/mol. The van der Waals surface area contributed by atoms with Crippen molar-refractivity contribution in [3.63, 3.8) is 0 Å². The first-order chi connectivity index (χ1) is 16.2. The summed E-state index contributed by atoms with van der Waals surface area (Å²) in [5.74, 6) is -0.344. The first-order valence-electron chi connectivity index (χ1n) is 11.3. The van der Waals surface area contributed by atoms with Crippen molar-refractivity contribution >= 4 is 27.7 Å². The molecule has 6 nitrogen and oxygen atoms in total. The predicted octanol–water partition coefficient (Wildman–Crippen LogP) is 5.52. The zero-order valence-corrected chi connectivity index (χ0v) is 21.1. The SMILES string of the molecule is CCOC(=O)C1=C(N)OC2=C(C(=O)CC(C)(C)C2)C1c1ccccc1OCc1ccc(Br)cc1. The van der Waals surface area contributed by atoms with Gasteiger partial charge < -0.3 is 19.9 Å². The third kappa shape index (κ3) is 4.89. The molecule has 178 valence electrons. The molecule has 1 unspecified atom stereocenters. The standard InChI is InChI=1S/C27H28BrNO5/c1-4-32-26(31)24-22(23-19(30)13-27(2,3)14-21(23)34-25(24)29)18-7-5-6-8-20(18)33-15-16-9-11-17(28)12-10-16/h5-12,22H,4,13-15,29H2,1-3H3. The molecule has 0 saturated heterocycles. The van der Waals surface area contributed by atoms with E-state index in [2.05, 4.69) is 15.9 Å². The van der Waals surface area contributed by atoms with Gasteiger partial charge in [-0.2, -0.15) is 0 Å². The molecule has 1 atom stereocenters. The van der Waals surface area contributed by atoms with Gasteiger partial charge in [-0.15, -0.1) is 0 Å². The van der Waals surface area contributed by atoms with E-state index in [-0.39, 0.29) is 29.3 Å². The second kappa shape index (κ2) is 9.66. The van der Waals surface area contributed by atoms with E-state index in [0.717, 1.165) is 10.0 Å². The second-order valence-electron chi connectivity index (χ2n) is 9.26. The summed E-state index contributed by atoms with van der Waals surface area (Å²) in [4.78, 5) is 26.4. The van der Waals surface area contributed by atoms with Crippen LogP contribution in [0.1, 0.15) is 50.7 Å². The van der Waals surface area contributed by atoms with Crippen molar-refractivity contribution in [2.75, 3.05) is 6.61 Å². The minimum Gasteiger partial charge on any atom is -0.489 e. The topological polar surface area (TPSA) is 87.9 Å². The molecular formula is C27H28BrNO5. The summed E-state index contributed by atoms with van der Waals surface area (Å²) in [6.45, 7) is 6.26. The zero-order chi connectivity index (χ0) is 24.5. The number of esters is 1. The average Bonchev–Trinajstić information content (AvgIpc) is 2.77. The highest BCUT2D eigenvalue weighted by molar-refractivity contribution is 9.10. The quantitative estimate of drug-likeness (QED) is 0.499. The number of hydrogen-bond donors (Lipinski definition) is 1. The summed E-state index contributed by atoms with van der Waals surface area (Å²) in [5, 5.41) is 0. The van der Waals surface area contributed by atoms with Gasteiger partial charge in [0.05, 0.1) is 12.5 Å². The Morgan fingerprint density at radius 2 is 1.85 bits per heavy atom. The molecule has 0 fully saturated rings. The van der Waals surface area contributed by atoms with Crippen LogP contribution in [-0.2, 0) is 25.7 Å². The largest absolute Gasteiger partial charge is 0.489 e. The fraction of sp³-hybridized carbons (Fsp3) is 0.333. The van der Waals surface area contributed by atoms with E-state index in [1.54, 1.807) is 6.92 Å². The summed E-state index contributed by atoms with van der Waals surface area (Å²) < 4.78 is 18.4. The minimum atomic E-state index is -0.729. The van der Waals surface area contributed by atoms with E-state index >= 15 is 0 Å². The lowest BCUT2D eigenvalue weighted by molar-refractivity contribution is -0.139. The van der Waals surface area contributed by atoms with Crippen LogP contribution in [0.25, 0.3) is 0 Å². The molecule has 0 amide bonds. The monoisotopic (exact) mass is 525 g/mol. The number of Topliss-reactive ketones (excluding diaryl/α,β-unsaturated/α-hetero) is 1. The van der Waals surface area contributed by atoms with E-state index < -0.39 is 11.9 Å². The highest BCUT2D eigenvalue weighted by atomic mass is 79.9. The van der Waals surface area contributed by atoms with Crippen LogP contribution in [0.4, 0.5) is 0 Å². The van der Waals surface area contributed by atoms with Gasteiger partial charge in [-0.1, -0.05) is 60.1 Å². The van der Waals surface area contributed by atoms with Gasteiger partial charge in [0.1, 0.15) is 23.7 Å². The maximum absolute atomic E-state index is 13.4. The molecule has 2 N–H and O–H groups in total. The molecule has 1 aliphatic carbocycles. The fourth-order valence-corrected chi connectivity index (χ4v) is 4.76. The van der Waals surface area contributed by atoms with Gasteiger partial charge in [0.15, 0.2) is 5.78 Å². The van der Waals surface area contributed by atoms with Gasteiger partial charge in [-0.05, 0) is 36.1 Å². The van der Waals surface area contributed by atoms with Crippen molar-refractivity contribution in [2.24, 2.45) is 11.1 Å². The highest BCUT2D eigenvalue weighted by Gasteiger charge is 2.45. The number of rotatable bonds is 6. The van der Waals surface area contributed by atoms with Crippen molar-refractivity contribution in [1.82, 2.24) is 0 Å². The van der Waals surface area contributed by atoms with Crippen molar-refractivity contribution in [3.8, 4) is 5.75 Å². The van der Waals surface area contributed by atoms with Crippen LogP contribution in [-0.4, -0.2) is 18.4 Å². The number of para-hydroxylation sites is 1. The lowest BCUT2D eigenvalue weighted by atomic mass is 9.70. The van der Waals surface area contributed by atoms with E-state index in [1.165, 1.54) is 0 Å². The third-order valence-corrected chi connectivity index (χ3v) is 6.52. The Morgan fingerprint density at radius 1 is 1.15 bits per heavy atom. The number of carbonyl (C=O) groups is 2. The summed E-state index contributed by atoms with van der Waals surface area (Å²) in [7, 11) is 0. The van der Waals surface area contributed by atoms with Gasteiger partial charge in [0, 0.05) is 28.5 Å². The lowest BCUT2D eigenvalue weighted by Crippen LogP contribution is -2.35. The number of hydrogen-bond acceptors (Lipinski definition) is 6. The maximum atomic E-state index is 13.4. The van der Waals surface area contributed by atoms with Gasteiger partial charge in [-0.25, -0.2) is 4.79 Å². The Hall–Kier alpha value is -3.06. The van der Waals surface area contributed by atoms with Crippen molar-refractivity contribution < 1.29 is 23.8 Å². The Labute approximate surface area is 207 Å². The zero-order valence-electron chi connectivity index (χ0n) is 19.5. The molecule has 1 heterocycles. The number of allylic oxidation sites excluding steroid dienone is 2. The van der Waals surface area contributed by atoms with E-state index in [0.29, 0.717) is 42.1 Å². The normalized spacial score (nSPS) is 19.4. The van der Waals surface area contributed by atoms with Gasteiger partial charge >= 0.3 is 5.97 Å². The van der Waals surface area contributed by atoms with Gasteiger partial charge in [-0.3, -0.25) is 4.79 Å². The maximum Gasteiger partial charge on any atom is 0.340 e.